The molecule has 0 spiro atoms. The minimum Gasteiger partial charge on any atom is -0.371 e. The molecule has 7 nitrogen and oxygen atoms in total. The molecule has 2 aliphatic rings. The third-order valence-corrected chi connectivity index (χ3v) is 5.67. The van der Waals surface area contributed by atoms with Crippen LogP contribution in [0, 0.1) is 0 Å². The molecule has 2 heterocycles. The Hall–Kier alpha value is -3.68. The van der Waals surface area contributed by atoms with Crippen molar-refractivity contribution in [3.8, 4) is 0 Å². The largest absolute Gasteiger partial charge is 0.371 e. The Morgan fingerprint density at radius 3 is 2.45 bits per heavy atom. The van der Waals surface area contributed by atoms with Gasteiger partial charge < -0.3 is 20.3 Å². The number of ether oxygens (including phenoxy) is 1. The molecule has 0 aliphatic carbocycles. The Morgan fingerprint density at radius 2 is 1.73 bits per heavy atom. The Bertz CT molecular complexity index is 1210. The van der Waals surface area contributed by atoms with Crippen molar-refractivity contribution in [1.82, 2.24) is 5.32 Å². The summed E-state index contributed by atoms with van der Waals surface area (Å²) >= 11 is 5.92. The number of epoxide rings is 1. The van der Waals surface area contributed by atoms with Crippen LogP contribution in [-0.4, -0.2) is 43.1 Å². The number of carbonyl (C=O) groups excluding carboxylic acids is 2. The molecule has 2 aliphatic heterocycles. The Kier molecular flexibility index (Phi) is 5.81. The molecule has 0 aromatic heterocycles. The van der Waals surface area contributed by atoms with Crippen LogP contribution in [0.3, 0.4) is 0 Å². The van der Waals surface area contributed by atoms with Gasteiger partial charge in [0.25, 0.3) is 5.91 Å². The first-order valence-corrected chi connectivity index (χ1v) is 10.9. The average molecular weight is 461 g/mol. The van der Waals surface area contributed by atoms with E-state index in [0.29, 0.717) is 29.6 Å². The van der Waals surface area contributed by atoms with Crippen LogP contribution in [0.5, 0.6) is 0 Å². The Morgan fingerprint density at radius 1 is 1.03 bits per heavy atom. The Balaban J connectivity index is 1.51. The molecule has 1 saturated heterocycles. The number of amides is 3. The Labute approximate surface area is 196 Å². The van der Waals surface area contributed by atoms with Crippen LogP contribution in [0.25, 0.3) is 0 Å². The summed E-state index contributed by atoms with van der Waals surface area (Å²) in [4.78, 5) is 32.7. The van der Waals surface area contributed by atoms with Crippen molar-refractivity contribution in [2.75, 3.05) is 23.4 Å². The van der Waals surface area contributed by atoms with Crippen LogP contribution in [0.4, 0.5) is 16.2 Å². The first kappa shape index (κ1) is 21.2. The number of benzene rings is 3. The number of rotatable bonds is 5. The van der Waals surface area contributed by atoms with E-state index in [4.69, 9.17) is 21.3 Å². The van der Waals surface area contributed by atoms with Gasteiger partial charge in [-0.3, -0.25) is 4.79 Å². The number of para-hydroxylation sites is 1. The third-order valence-electron chi connectivity index (χ3n) is 5.41. The van der Waals surface area contributed by atoms with E-state index < -0.39 is 12.2 Å². The van der Waals surface area contributed by atoms with Gasteiger partial charge in [-0.15, -0.1) is 0 Å². The molecule has 3 amide bonds. The van der Waals surface area contributed by atoms with E-state index >= 15 is 0 Å². The van der Waals surface area contributed by atoms with Gasteiger partial charge in [0, 0.05) is 21.8 Å². The minimum atomic E-state index is -1.11. The zero-order chi connectivity index (χ0) is 22.8. The lowest BCUT2D eigenvalue weighted by Gasteiger charge is -2.24. The summed E-state index contributed by atoms with van der Waals surface area (Å²) in [6, 6.07) is 23.4. The molecule has 0 radical (unpaired) electrons. The van der Waals surface area contributed by atoms with Crippen LogP contribution in [0.1, 0.15) is 11.1 Å². The van der Waals surface area contributed by atoms with E-state index in [9.17, 15) is 9.59 Å². The van der Waals surface area contributed by atoms with E-state index in [-0.39, 0.29) is 12.0 Å². The SMILES string of the molecule is O=C(Nc1ccc(Cl)cc1)NC1N=C(c2ccccc2)c2ccccc2N(CC2CO2)C1=O. The number of hydrogen-bond acceptors (Lipinski definition) is 4. The number of halogens is 1. The maximum atomic E-state index is 13.6. The fourth-order valence-corrected chi connectivity index (χ4v) is 3.87. The zero-order valence-corrected chi connectivity index (χ0v) is 18.3. The topological polar surface area (TPSA) is 86.3 Å². The maximum absolute atomic E-state index is 13.6. The van der Waals surface area contributed by atoms with Crippen molar-refractivity contribution in [1.29, 1.82) is 0 Å². The highest BCUT2D eigenvalue weighted by Gasteiger charge is 2.36. The quantitative estimate of drug-likeness (QED) is 0.563. The van der Waals surface area contributed by atoms with Gasteiger partial charge in [-0.1, -0.05) is 60.1 Å². The predicted octanol–water partition coefficient (Wildman–Crippen LogP) is 4.07. The lowest BCUT2D eigenvalue weighted by atomic mass is 10.0. The van der Waals surface area contributed by atoms with Crippen LogP contribution < -0.4 is 15.5 Å². The lowest BCUT2D eigenvalue weighted by Crippen LogP contribution is -2.49. The zero-order valence-electron chi connectivity index (χ0n) is 17.6. The van der Waals surface area contributed by atoms with Gasteiger partial charge in [-0.05, 0) is 30.3 Å². The van der Waals surface area contributed by atoms with E-state index in [1.165, 1.54) is 0 Å². The average Bonchev–Trinajstić information content (AvgIpc) is 3.67. The van der Waals surface area contributed by atoms with Gasteiger partial charge in [0.2, 0.25) is 6.17 Å². The molecule has 0 saturated carbocycles. The van der Waals surface area contributed by atoms with Crippen LogP contribution >= 0.6 is 11.6 Å². The van der Waals surface area contributed by atoms with E-state index in [1.54, 1.807) is 29.2 Å². The second-order valence-electron chi connectivity index (χ2n) is 7.77. The molecular formula is C25H21ClN4O3. The molecule has 5 rings (SSSR count). The van der Waals surface area contributed by atoms with Crippen molar-refractivity contribution in [2.45, 2.75) is 12.3 Å². The van der Waals surface area contributed by atoms with Gasteiger partial charge in [-0.25, -0.2) is 9.79 Å². The maximum Gasteiger partial charge on any atom is 0.321 e. The molecule has 8 heteroatoms. The molecule has 0 bridgehead atoms. The molecule has 2 N–H and O–H groups in total. The fourth-order valence-electron chi connectivity index (χ4n) is 3.74. The first-order valence-electron chi connectivity index (χ1n) is 10.6. The summed E-state index contributed by atoms with van der Waals surface area (Å²) < 4.78 is 5.39. The summed E-state index contributed by atoms with van der Waals surface area (Å²) in [6.45, 7) is 0.998. The molecular weight excluding hydrogens is 440 g/mol. The van der Waals surface area contributed by atoms with E-state index in [1.807, 2.05) is 54.6 Å². The van der Waals surface area contributed by atoms with Gasteiger partial charge in [0.15, 0.2) is 0 Å². The number of nitrogens with zero attached hydrogens (tertiary/aromatic N) is 2. The number of carbonyl (C=O) groups is 2. The van der Waals surface area contributed by atoms with Crippen molar-refractivity contribution < 1.29 is 14.3 Å². The first-order chi connectivity index (χ1) is 16.1. The second-order valence-corrected chi connectivity index (χ2v) is 8.21. The van der Waals surface area contributed by atoms with Gasteiger partial charge in [0.1, 0.15) is 0 Å². The highest BCUT2D eigenvalue weighted by atomic mass is 35.5. The van der Waals surface area contributed by atoms with Crippen LogP contribution in [-0.2, 0) is 9.53 Å². The third kappa shape index (κ3) is 4.74. The van der Waals surface area contributed by atoms with Crippen molar-refractivity contribution in [2.24, 2.45) is 4.99 Å². The molecule has 166 valence electrons. The summed E-state index contributed by atoms with van der Waals surface area (Å²) in [5, 5.41) is 6.02. The normalized spacial score (nSPS) is 19.2. The smallest absolute Gasteiger partial charge is 0.321 e. The van der Waals surface area contributed by atoms with Crippen LogP contribution in [0.15, 0.2) is 83.9 Å². The second kappa shape index (κ2) is 9.05. The summed E-state index contributed by atoms with van der Waals surface area (Å²) in [5.41, 5.74) is 3.60. The summed E-state index contributed by atoms with van der Waals surface area (Å²) in [6.07, 6.45) is -1.14. The summed E-state index contributed by atoms with van der Waals surface area (Å²) in [5.74, 6) is -0.324. The summed E-state index contributed by atoms with van der Waals surface area (Å²) in [7, 11) is 0. The molecule has 1 fully saturated rings. The number of aliphatic imine (C=N–C) groups is 1. The minimum absolute atomic E-state index is 0.0242. The van der Waals surface area contributed by atoms with Crippen molar-refractivity contribution in [3.05, 3.63) is 95.0 Å². The highest BCUT2D eigenvalue weighted by molar-refractivity contribution is 6.30. The number of benzodiazepines with no additional fused rings is 1. The molecule has 33 heavy (non-hydrogen) atoms. The number of fused-ring (bicyclic) bond motifs is 1. The lowest BCUT2D eigenvalue weighted by molar-refractivity contribution is -0.120. The molecule has 2 unspecified atom stereocenters. The van der Waals surface area contributed by atoms with E-state index in [2.05, 4.69) is 10.6 Å². The number of urea groups is 1. The van der Waals surface area contributed by atoms with Crippen LogP contribution in [0.2, 0.25) is 5.02 Å². The fraction of sp³-hybridized carbons (Fsp3) is 0.160. The van der Waals surface area contributed by atoms with Crippen molar-refractivity contribution >= 4 is 40.6 Å². The monoisotopic (exact) mass is 460 g/mol. The predicted molar refractivity (Wildman–Crippen MR) is 128 cm³/mol. The van der Waals surface area contributed by atoms with E-state index in [0.717, 1.165) is 16.8 Å². The standard InChI is InChI=1S/C25H21ClN4O3/c26-17-10-12-18(13-11-17)27-25(32)29-23-24(31)30(14-19-15-33-19)21-9-5-4-8-20(21)22(28-23)16-6-2-1-3-7-16/h1-13,19,23H,14-15H2,(H2,27,29,32). The number of hydrogen-bond donors (Lipinski definition) is 2. The highest BCUT2D eigenvalue weighted by Crippen LogP contribution is 2.29. The molecule has 3 aromatic rings. The number of anilines is 2. The molecule has 3 aromatic carbocycles. The van der Waals surface area contributed by atoms with Gasteiger partial charge >= 0.3 is 6.03 Å². The van der Waals surface area contributed by atoms with Gasteiger partial charge in [-0.2, -0.15) is 0 Å². The molecule has 2 atom stereocenters. The van der Waals surface area contributed by atoms with Crippen molar-refractivity contribution in [3.63, 3.8) is 0 Å². The number of nitrogens with one attached hydrogen (secondary N) is 2. The van der Waals surface area contributed by atoms with Gasteiger partial charge in [0.05, 0.1) is 30.7 Å².